The van der Waals surface area contributed by atoms with Gasteiger partial charge in [0.25, 0.3) is 0 Å². The molecule has 2 rings (SSSR count). The van der Waals surface area contributed by atoms with Crippen molar-refractivity contribution >= 4 is 19.3 Å². The number of esters is 1. The highest BCUT2D eigenvalue weighted by Gasteiger charge is 2.41. The van der Waals surface area contributed by atoms with Crippen LogP contribution in [0.3, 0.4) is 0 Å². The minimum absolute atomic E-state index is 0.0507. The van der Waals surface area contributed by atoms with E-state index in [1.165, 1.54) is 12.1 Å². The number of rotatable bonds is 4. The van der Waals surface area contributed by atoms with E-state index in [-0.39, 0.29) is 31.1 Å². The number of carbonyl (C=O) groups excluding carboxylic acids is 2. The van der Waals surface area contributed by atoms with Crippen LogP contribution in [-0.4, -0.2) is 31.5 Å². The fraction of sp³-hybridized carbons (Fsp3) is 0.333. The van der Waals surface area contributed by atoms with Gasteiger partial charge in [-0.25, -0.2) is 14.2 Å². The number of para-hydroxylation sites is 1. The zero-order chi connectivity index (χ0) is 14.6. The molecule has 0 radical (unpaired) electrons. The summed E-state index contributed by atoms with van der Waals surface area (Å²) in [6.07, 6.45) is 0. The van der Waals surface area contributed by atoms with Crippen LogP contribution in [0.25, 0.3) is 0 Å². The molecule has 0 bridgehead atoms. The van der Waals surface area contributed by atoms with E-state index in [1.54, 1.807) is 19.1 Å². The Morgan fingerprint density at radius 3 is 2.55 bits per heavy atom. The van der Waals surface area contributed by atoms with Gasteiger partial charge in [0.15, 0.2) is 0 Å². The largest absolute Gasteiger partial charge is 0.462 e. The third-order valence-electron chi connectivity index (χ3n) is 2.41. The van der Waals surface area contributed by atoms with Crippen molar-refractivity contribution in [2.45, 2.75) is 6.92 Å². The molecule has 0 atom stereocenters. The summed E-state index contributed by atoms with van der Waals surface area (Å²) in [5.74, 6) is -0.687. The van der Waals surface area contributed by atoms with E-state index in [1.807, 2.05) is 0 Å². The maximum absolute atomic E-state index is 11.9. The Labute approximate surface area is 115 Å². The van der Waals surface area contributed by atoms with Gasteiger partial charge in [0.2, 0.25) is 0 Å². The number of hydrogen-bond acceptors (Lipinski definition) is 7. The molecular formula is C12H13O7P. The van der Waals surface area contributed by atoms with Gasteiger partial charge in [0.05, 0.1) is 19.8 Å². The molecule has 0 aliphatic carbocycles. The zero-order valence-electron chi connectivity index (χ0n) is 10.7. The molecule has 0 unspecified atom stereocenters. The lowest BCUT2D eigenvalue weighted by molar-refractivity contribution is 0.0523. The number of hydrogen-bond donors (Lipinski definition) is 0. The van der Waals surface area contributed by atoms with Crippen molar-refractivity contribution in [2.75, 3.05) is 19.8 Å². The molecule has 1 fully saturated rings. The molecule has 0 amide bonds. The van der Waals surface area contributed by atoms with Crippen LogP contribution in [0.4, 0.5) is 4.79 Å². The second kappa shape index (κ2) is 6.17. The van der Waals surface area contributed by atoms with Gasteiger partial charge >= 0.3 is 19.3 Å². The minimum atomic E-state index is -3.91. The lowest BCUT2D eigenvalue weighted by Crippen LogP contribution is -2.12. The molecule has 1 aliphatic heterocycles. The molecular weight excluding hydrogens is 287 g/mol. The highest BCUT2D eigenvalue weighted by Crippen LogP contribution is 2.53. The molecule has 1 aromatic rings. The summed E-state index contributed by atoms with van der Waals surface area (Å²) >= 11 is 0. The van der Waals surface area contributed by atoms with Crippen molar-refractivity contribution in [3.63, 3.8) is 0 Å². The molecule has 1 saturated heterocycles. The summed E-state index contributed by atoms with van der Waals surface area (Å²) in [5, 5.41) is 0. The van der Waals surface area contributed by atoms with Crippen LogP contribution >= 0.6 is 7.60 Å². The Balaban J connectivity index is 2.19. The summed E-state index contributed by atoms with van der Waals surface area (Å²) in [6, 6.07) is 5.99. The molecule has 0 N–H and O–H groups in total. The number of benzene rings is 1. The Morgan fingerprint density at radius 2 is 1.90 bits per heavy atom. The normalized spacial score (nSPS) is 16.6. The first-order valence-corrected chi connectivity index (χ1v) is 7.49. The molecule has 0 aromatic heterocycles. The topological polar surface area (TPSA) is 88.1 Å². The van der Waals surface area contributed by atoms with Gasteiger partial charge in [-0.3, -0.25) is 9.05 Å². The van der Waals surface area contributed by atoms with Gasteiger partial charge in [0.1, 0.15) is 11.3 Å². The first-order valence-electron chi connectivity index (χ1n) is 5.94. The lowest BCUT2D eigenvalue weighted by Gasteiger charge is -2.11. The van der Waals surface area contributed by atoms with Crippen molar-refractivity contribution in [3.05, 3.63) is 29.8 Å². The van der Waals surface area contributed by atoms with Crippen molar-refractivity contribution in [1.82, 2.24) is 0 Å². The summed E-state index contributed by atoms with van der Waals surface area (Å²) in [4.78, 5) is 23.5. The van der Waals surface area contributed by atoms with Gasteiger partial charge in [-0.05, 0) is 19.1 Å². The predicted molar refractivity (Wildman–Crippen MR) is 67.9 cm³/mol. The van der Waals surface area contributed by atoms with E-state index in [0.717, 1.165) is 0 Å². The molecule has 8 heteroatoms. The third kappa shape index (κ3) is 3.07. The molecule has 7 nitrogen and oxygen atoms in total. The van der Waals surface area contributed by atoms with Crippen LogP contribution in [0.5, 0.6) is 5.75 Å². The maximum atomic E-state index is 11.9. The Hall–Kier alpha value is -1.69. The second-order valence-corrected chi connectivity index (χ2v) is 5.62. The van der Waals surface area contributed by atoms with E-state index in [2.05, 4.69) is 0 Å². The molecule has 1 aliphatic rings. The van der Waals surface area contributed by atoms with Crippen LogP contribution < -0.4 is 4.74 Å². The second-order valence-electron chi connectivity index (χ2n) is 3.75. The Kier molecular flexibility index (Phi) is 4.54. The monoisotopic (exact) mass is 300 g/mol. The average molecular weight is 300 g/mol. The fourth-order valence-electron chi connectivity index (χ4n) is 1.54. The van der Waals surface area contributed by atoms with Crippen LogP contribution in [0.1, 0.15) is 17.3 Å². The zero-order valence-corrected chi connectivity index (χ0v) is 11.6. The summed E-state index contributed by atoms with van der Waals surface area (Å²) in [7, 11) is -3.91. The molecule has 0 saturated carbocycles. The van der Waals surface area contributed by atoms with Gasteiger partial charge in [0, 0.05) is 0 Å². The lowest BCUT2D eigenvalue weighted by atomic mass is 10.2. The summed E-state index contributed by atoms with van der Waals surface area (Å²) < 4.78 is 31.2. The summed E-state index contributed by atoms with van der Waals surface area (Å²) in [5.41, 5.74) is -1.08. The van der Waals surface area contributed by atoms with Crippen LogP contribution in [-0.2, 0) is 18.3 Å². The predicted octanol–water partition coefficient (Wildman–Crippen LogP) is 2.60. The first kappa shape index (κ1) is 14.7. The molecule has 0 spiro atoms. The standard InChI is InChI=1S/C12H13O7P/c1-2-16-11(13)9-5-3-4-6-10(9)19-12(14)20(15)17-7-8-18-20/h3-6H,2,7-8H2,1H3. The van der Waals surface area contributed by atoms with E-state index in [0.29, 0.717) is 0 Å². The Morgan fingerprint density at radius 1 is 1.25 bits per heavy atom. The Bertz CT molecular complexity index is 559. The average Bonchev–Trinajstić information content (AvgIpc) is 2.88. The van der Waals surface area contributed by atoms with Crippen molar-refractivity contribution in [3.8, 4) is 5.75 Å². The van der Waals surface area contributed by atoms with Crippen LogP contribution in [0.15, 0.2) is 24.3 Å². The van der Waals surface area contributed by atoms with Crippen LogP contribution in [0.2, 0.25) is 0 Å². The maximum Gasteiger partial charge on any atom is 0.439 e. The van der Waals surface area contributed by atoms with E-state index in [9.17, 15) is 14.2 Å². The smallest absolute Gasteiger partial charge is 0.439 e. The number of carbonyl (C=O) groups is 2. The minimum Gasteiger partial charge on any atom is -0.462 e. The first-order chi connectivity index (χ1) is 9.57. The van der Waals surface area contributed by atoms with Crippen molar-refractivity contribution < 1.29 is 32.7 Å². The van der Waals surface area contributed by atoms with Crippen molar-refractivity contribution in [1.29, 1.82) is 0 Å². The third-order valence-corrected chi connectivity index (χ3v) is 3.99. The van der Waals surface area contributed by atoms with E-state index >= 15 is 0 Å². The molecule has 108 valence electrons. The van der Waals surface area contributed by atoms with Gasteiger partial charge in [-0.15, -0.1) is 0 Å². The van der Waals surface area contributed by atoms with Crippen molar-refractivity contribution in [2.24, 2.45) is 0 Å². The van der Waals surface area contributed by atoms with E-state index in [4.69, 9.17) is 18.5 Å². The SMILES string of the molecule is CCOC(=O)c1ccccc1OC(=O)P1(=O)OCCO1. The van der Waals surface area contributed by atoms with Gasteiger partial charge in [-0.1, -0.05) is 12.1 Å². The van der Waals surface area contributed by atoms with Gasteiger partial charge in [-0.2, -0.15) is 0 Å². The van der Waals surface area contributed by atoms with E-state index < -0.39 is 19.3 Å². The molecule has 1 heterocycles. The number of ether oxygens (including phenoxy) is 2. The fourth-order valence-corrected chi connectivity index (χ4v) is 2.67. The van der Waals surface area contributed by atoms with Gasteiger partial charge < -0.3 is 9.47 Å². The molecule has 20 heavy (non-hydrogen) atoms. The van der Waals surface area contributed by atoms with Crippen LogP contribution in [0, 0.1) is 0 Å². The molecule has 1 aromatic carbocycles. The quantitative estimate of drug-likeness (QED) is 0.623. The summed E-state index contributed by atoms with van der Waals surface area (Å²) in [6.45, 7) is 1.97. The highest BCUT2D eigenvalue weighted by molar-refractivity contribution is 7.71. The highest BCUT2D eigenvalue weighted by atomic mass is 31.2.